The molecule has 0 aromatic carbocycles. The van der Waals surface area contributed by atoms with Crippen LogP contribution < -0.4 is 11.1 Å². The molecule has 112 valence electrons. The van der Waals surface area contributed by atoms with E-state index in [4.69, 9.17) is 5.73 Å². The van der Waals surface area contributed by atoms with Crippen molar-refractivity contribution in [2.45, 2.75) is 29.4 Å². The Hall–Kier alpha value is -1.67. The van der Waals surface area contributed by atoms with Crippen molar-refractivity contribution in [1.82, 2.24) is 9.36 Å². The predicted octanol–water partition coefficient (Wildman–Crippen LogP) is 1.71. The quantitative estimate of drug-likeness (QED) is 0.839. The normalized spacial score (nSPS) is 15.0. The Kier molecular flexibility index (Phi) is 3.81. The predicted molar refractivity (Wildman–Crippen MR) is 83.2 cm³/mol. The maximum atomic E-state index is 12.4. The van der Waals surface area contributed by atoms with Crippen molar-refractivity contribution in [3.8, 4) is 0 Å². The van der Waals surface area contributed by atoms with Gasteiger partial charge in [0.15, 0.2) is 15.7 Å². The molecular formula is C13H16N4O2S2. The Balaban J connectivity index is 1.72. The second kappa shape index (κ2) is 5.61. The van der Waals surface area contributed by atoms with Gasteiger partial charge in [-0.25, -0.2) is 8.42 Å². The summed E-state index contributed by atoms with van der Waals surface area (Å²) in [4.78, 5) is 4.23. The van der Waals surface area contributed by atoms with Crippen molar-refractivity contribution in [1.29, 1.82) is 0 Å². The van der Waals surface area contributed by atoms with E-state index in [0.29, 0.717) is 24.4 Å². The molecule has 0 radical (unpaired) electrons. The number of nitrogens with zero attached hydrogens (tertiary/aromatic N) is 2. The average molecular weight is 324 g/mol. The van der Waals surface area contributed by atoms with E-state index < -0.39 is 9.84 Å². The van der Waals surface area contributed by atoms with Gasteiger partial charge in [-0.3, -0.25) is 4.98 Å². The fourth-order valence-electron chi connectivity index (χ4n) is 2.09. The molecule has 21 heavy (non-hydrogen) atoms. The number of anilines is 2. The van der Waals surface area contributed by atoms with Crippen LogP contribution >= 0.6 is 11.5 Å². The minimum Gasteiger partial charge on any atom is -0.382 e. The molecule has 3 rings (SSSR count). The van der Waals surface area contributed by atoms with Crippen LogP contribution in [0.25, 0.3) is 0 Å². The van der Waals surface area contributed by atoms with Gasteiger partial charge in [-0.15, -0.1) is 0 Å². The molecule has 3 N–H and O–H groups in total. The summed E-state index contributed by atoms with van der Waals surface area (Å²) in [6, 6.07) is 3.86. The zero-order chi connectivity index (χ0) is 14.9. The average Bonchev–Trinajstić information content (AvgIpc) is 3.25. The first-order valence-electron chi connectivity index (χ1n) is 6.71. The van der Waals surface area contributed by atoms with Crippen molar-refractivity contribution in [3.05, 3.63) is 30.1 Å². The van der Waals surface area contributed by atoms with Crippen LogP contribution in [-0.2, 0) is 16.3 Å². The van der Waals surface area contributed by atoms with E-state index in [0.717, 1.165) is 23.5 Å². The molecular weight excluding hydrogens is 308 g/mol. The highest BCUT2D eigenvalue weighted by molar-refractivity contribution is 7.92. The van der Waals surface area contributed by atoms with Gasteiger partial charge >= 0.3 is 0 Å². The van der Waals surface area contributed by atoms with Gasteiger partial charge in [-0.1, -0.05) is 6.07 Å². The number of hydrogen-bond acceptors (Lipinski definition) is 7. The Morgan fingerprint density at radius 2 is 2.24 bits per heavy atom. The lowest BCUT2D eigenvalue weighted by molar-refractivity contribution is 0.595. The number of sulfone groups is 1. The molecule has 0 bridgehead atoms. The van der Waals surface area contributed by atoms with E-state index in [2.05, 4.69) is 14.7 Å². The van der Waals surface area contributed by atoms with Gasteiger partial charge in [0.05, 0.1) is 5.25 Å². The van der Waals surface area contributed by atoms with E-state index in [9.17, 15) is 8.42 Å². The van der Waals surface area contributed by atoms with Crippen LogP contribution in [0.5, 0.6) is 0 Å². The van der Waals surface area contributed by atoms with Crippen LogP contribution in [0, 0.1) is 0 Å². The van der Waals surface area contributed by atoms with Crippen molar-refractivity contribution in [2.75, 3.05) is 17.6 Å². The van der Waals surface area contributed by atoms with E-state index in [1.807, 2.05) is 12.1 Å². The summed E-state index contributed by atoms with van der Waals surface area (Å²) in [5.74, 6) is 0.107. The maximum Gasteiger partial charge on any atom is 0.187 e. The highest BCUT2D eigenvalue weighted by Crippen LogP contribution is 2.40. The molecule has 0 unspecified atom stereocenters. The van der Waals surface area contributed by atoms with Crippen LogP contribution in [0.2, 0.25) is 0 Å². The third-order valence-electron chi connectivity index (χ3n) is 3.34. The fraction of sp³-hybridized carbons (Fsp3) is 0.385. The minimum atomic E-state index is -3.33. The molecule has 0 aliphatic heterocycles. The lowest BCUT2D eigenvalue weighted by atomic mass is 10.2. The van der Waals surface area contributed by atoms with Crippen LogP contribution in [0.4, 0.5) is 10.8 Å². The molecule has 8 heteroatoms. The minimum absolute atomic E-state index is 0.107. The fourth-order valence-corrected chi connectivity index (χ4v) is 5.00. The Morgan fingerprint density at radius 1 is 1.43 bits per heavy atom. The topological polar surface area (TPSA) is 98.0 Å². The summed E-state index contributed by atoms with van der Waals surface area (Å²) in [6.45, 7) is 0.612. The van der Waals surface area contributed by atoms with Gasteiger partial charge in [-0.05, 0) is 42.4 Å². The molecule has 6 nitrogen and oxygen atoms in total. The zero-order valence-electron chi connectivity index (χ0n) is 11.3. The molecule has 2 aromatic heterocycles. The van der Waals surface area contributed by atoms with Gasteiger partial charge in [-0.2, -0.15) is 4.37 Å². The first-order valence-corrected chi connectivity index (χ1v) is 9.03. The van der Waals surface area contributed by atoms with Gasteiger partial charge in [0, 0.05) is 18.9 Å². The molecule has 1 saturated carbocycles. The smallest absolute Gasteiger partial charge is 0.187 e. The van der Waals surface area contributed by atoms with E-state index in [1.165, 1.54) is 0 Å². The monoisotopic (exact) mass is 324 g/mol. The van der Waals surface area contributed by atoms with Crippen molar-refractivity contribution >= 4 is 32.2 Å². The van der Waals surface area contributed by atoms with Crippen LogP contribution in [0.1, 0.15) is 18.4 Å². The number of nitrogens with two attached hydrogens (primary N) is 1. The number of pyridine rings is 1. The summed E-state index contributed by atoms with van der Waals surface area (Å²) >= 11 is 1.10. The molecule has 0 amide bonds. The van der Waals surface area contributed by atoms with Crippen LogP contribution in [-0.4, -0.2) is 29.6 Å². The first kappa shape index (κ1) is 14.3. The lowest BCUT2D eigenvalue weighted by Gasteiger charge is -2.07. The molecule has 0 spiro atoms. The van der Waals surface area contributed by atoms with Crippen molar-refractivity contribution in [3.63, 3.8) is 0 Å². The molecule has 0 atom stereocenters. The van der Waals surface area contributed by atoms with Gasteiger partial charge in [0.1, 0.15) is 9.90 Å². The first-order chi connectivity index (χ1) is 10.1. The Morgan fingerprint density at radius 3 is 2.90 bits per heavy atom. The summed E-state index contributed by atoms with van der Waals surface area (Å²) in [7, 11) is -3.33. The molecule has 1 aliphatic carbocycles. The van der Waals surface area contributed by atoms with Crippen molar-refractivity contribution < 1.29 is 8.42 Å². The number of hydrogen-bond donors (Lipinski definition) is 2. The van der Waals surface area contributed by atoms with E-state index in [1.54, 1.807) is 12.4 Å². The summed E-state index contributed by atoms with van der Waals surface area (Å²) in [5, 5.41) is 3.40. The molecule has 1 aliphatic rings. The Bertz CT molecular complexity index is 724. The lowest BCUT2D eigenvalue weighted by Crippen LogP contribution is -2.12. The van der Waals surface area contributed by atoms with Gasteiger partial charge in [0.2, 0.25) is 0 Å². The number of nitrogen functional groups attached to an aromatic ring is 1. The number of nitrogens with one attached hydrogen (secondary N) is 1. The summed E-state index contributed by atoms with van der Waals surface area (Å²) < 4.78 is 28.7. The molecule has 2 heterocycles. The second-order valence-corrected chi connectivity index (χ2v) is 7.95. The van der Waals surface area contributed by atoms with E-state index >= 15 is 0 Å². The van der Waals surface area contributed by atoms with Gasteiger partial charge < -0.3 is 11.1 Å². The second-order valence-electron chi connectivity index (χ2n) is 5.01. The van der Waals surface area contributed by atoms with E-state index in [-0.39, 0.29) is 16.0 Å². The van der Waals surface area contributed by atoms with Crippen molar-refractivity contribution in [2.24, 2.45) is 0 Å². The SMILES string of the molecule is Nc1nsc(NCCc2cccnc2)c1S(=O)(=O)C1CC1. The van der Waals surface area contributed by atoms with Crippen LogP contribution in [0.15, 0.2) is 29.4 Å². The number of aromatic nitrogens is 2. The molecule has 1 fully saturated rings. The highest BCUT2D eigenvalue weighted by Gasteiger charge is 2.40. The zero-order valence-corrected chi connectivity index (χ0v) is 13.0. The van der Waals surface area contributed by atoms with Crippen LogP contribution in [0.3, 0.4) is 0 Å². The third kappa shape index (κ3) is 3.01. The Labute approximate surface area is 127 Å². The summed E-state index contributed by atoms with van der Waals surface area (Å²) in [5.41, 5.74) is 6.84. The molecule has 0 saturated heterocycles. The third-order valence-corrected chi connectivity index (χ3v) is 6.62. The highest BCUT2D eigenvalue weighted by atomic mass is 32.2. The largest absolute Gasteiger partial charge is 0.382 e. The van der Waals surface area contributed by atoms with Gasteiger partial charge in [0.25, 0.3) is 0 Å². The number of rotatable bonds is 6. The maximum absolute atomic E-state index is 12.4. The summed E-state index contributed by atoms with van der Waals surface area (Å²) in [6.07, 6.45) is 5.71. The molecule has 2 aromatic rings. The standard InChI is InChI=1S/C13H16N4O2S2/c14-12-11(21(18,19)10-3-4-10)13(20-17-12)16-7-5-9-2-1-6-15-8-9/h1-2,6,8,10,16H,3-5,7H2,(H2,14,17).